The van der Waals surface area contributed by atoms with E-state index in [0.29, 0.717) is 13.0 Å². The zero-order valence-corrected chi connectivity index (χ0v) is 11.3. The lowest BCUT2D eigenvalue weighted by molar-refractivity contribution is -0.137. The molecule has 2 rings (SSSR count). The molecule has 2 heterocycles. The zero-order valence-electron chi connectivity index (χ0n) is 10.5. The van der Waals surface area contributed by atoms with Crippen LogP contribution in [0.4, 0.5) is 0 Å². The summed E-state index contributed by atoms with van der Waals surface area (Å²) in [5.41, 5.74) is 0. The Labute approximate surface area is 115 Å². The summed E-state index contributed by atoms with van der Waals surface area (Å²) >= 11 is 0. The van der Waals surface area contributed by atoms with E-state index in [1.165, 1.54) is 0 Å². The van der Waals surface area contributed by atoms with Crippen LogP contribution in [0.1, 0.15) is 6.42 Å². The van der Waals surface area contributed by atoms with Crippen molar-refractivity contribution in [2.75, 3.05) is 19.6 Å². The molecule has 1 aromatic heterocycles. The van der Waals surface area contributed by atoms with E-state index in [-0.39, 0.29) is 23.9 Å². The van der Waals surface area contributed by atoms with Crippen LogP contribution < -0.4 is 5.32 Å². The molecule has 0 bridgehead atoms. The van der Waals surface area contributed by atoms with Gasteiger partial charge in [-0.1, -0.05) is 0 Å². The van der Waals surface area contributed by atoms with E-state index in [4.69, 9.17) is 5.11 Å². The number of carboxylic acids is 1. The fourth-order valence-corrected chi connectivity index (χ4v) is 3.23. The standard InChI is InChI=1S/C10H14N4O5S/c15-9-6-14(3-1-2-11-9)20(18,19)8-4-12-13(5-8)7-10(16)17/h4-5H,1-3,6-7H2,(H,11,15)(H,16,17). The van der Waals surface area contributed by atoms with Gasteiger partial charge in [0, 0.05) is 19.3 Å². The number of aliphatic carboxylic acids is 1. The largest absolute Gasteiger partial charge is 0.480 e. The van der Waals surface area contributed by atoms with Gasteiger partial charge in [-0.05, 0) is 6.42 Å². The average Bonchev–Trinajstić information content (AvgIpc) is 2.70. The quantitative estimate of drug-likeness (QED) is 0.696. The summed E-state index contributed by atoms with van der Waals surface area (Å²) in [6.07, 6.45) is 2.75. The number of hydrogen-bond donors (Lipinski definition) is 2. The van der Waals surface area contributed by atoms with Crippen molar-refractivity contribution in [2.45, 2.75) is 17.9 Å². The minimum Gasteiger partial charge on any atom is -0.480 e. The fourth-order valence-electron chi connectivity index (χ4n) is 1.84. The van der Waals surface area contributed by atoms with Crippen LogP contribution in [-0.2, 0) is 26.2 Å². The number of nitrogens with zero attached hydrogens (tertiary/aromatic N) is 3. The highest BCUT2D eigenvalue weighted by Gasteiger charge is 2.29. The molecule has 9 nitrogen and oxygen atoms in total. The number of aromatic nitrogens is 2. The lowest BCUT2D eigenvalue weighted by Crippen LogP contribution is -2.37. The van der Waals surface area contributed by atoms with Crippen molar-refractivity contribution in [3.63, 3.8) is 0 Å². The highest BCUT2D eigenvalue weighted by atomic mass is 32.2. The van der Waals surface area contributed by atoms with Gasteiger partial charge in [-0.15, -0.1) is 0 Å². The summed E-state index contributed by atoms with van der Waals surface area (Å²) in [6, 6.07) is 0. The Morgan fingerprint density at radius 3 is 2.95 bits per heavy atom. The van der Waals surface area contributed by atoms with Crippen LogP contribution in [0.2, 0.25) is 0 Å². The molecule has 2 N–H and O–H groups in total. The van der Waals surface area contributed by atoms with Gasteiger partial charge in [-0.25, -0.2) is 8.42 Å². The van der Waals surface area contributed by atoms with Gasteiger partial charge in [-0.3, -0.25) is 14.3 Å². The van der Waals surface area contributed by atoms with E-state index in [2.05, 4.69) is 10.4 Å². The van der Waals surface area contributed by atoms with Crippen LogP contribution in [0.3, 0.4) is 0 Å². The zero-order chi connectivity index (χ0) is 14.8. The third-order valence-corrected chi connectivity index (χ3v) is 4.57. The number of hydrogen-bond acceptors (Lipinski definition) is 5. The number of carbonyl (C=O) groups is 2. The first-order valence-electron chi connectivity index (χ1n) is 5.90. The van der Waals surface area contributed by atoms with Crippen LogP contribution in [0.25, 0.3) is 0 Å². The molecule has 1 aliphatic heterocycles. The highest BCUT2D eigenvalue weighted by molar-refractivity contribution is 7.89. The van der Waals surface area contributed by atoms with Gasteiger partial charge in [0.2, 0.25) is 15.9 Å². The van der Waals surface area contributed by atoms with E-state index >= 15 is 0 Å². The molecular weight excluding hydrogens is 288 g/mol. The van der Waals surface area contributed by atoms with Gasteiger partial charge < -0.3 is 10.4 Å². The topological polar surface area (TPSA) is 122 Å². The van der Waals surface area contributed by atoms with Gasteiger partial charge in [0.1, 0.15) is 11.4 Å². The maximum Gasteiger partial charge on any atom is 0.325 e. The van der Waals surface area contributed by atoms with Crippen molar-refractivity contribution in [1.29, 1.82) is 0 Å². The van der Waals surface area contributed by atoms with Crippen LogP contribution in [-0.4, -0.2) is 59.1 Å². The molecule has 0 radical (unpaired) electrons. The van der Waals surface area contributed by atoms with Crippen molar-refractivity contribution >= 4 is 21.9 Å². The fraction of sp³-hybridized carbons (Fsp3) is 0.500. The predicted molar refractivity (Wildman–Crippen MR) is 66.2 cm³/mol. The van der Waals surface area contributed by atoms with Gasteiger partial charge >= 0.3 is 5.97 Å². The molecule has 0 spiro atoms. The molecule has 20 heavy (non-hydrogen) atoms. The smallest absolute Gasteiger partial charge is 0.325 e. The van der Waals surface area contributed by atoms with E-state index in [0.717, 1.165) is 21.4 Å². The van der Waals surface area contributed by atoms with Crippen LogP contribution in [0.5, 0.6) is 0 Å². The maximum absolute atomic E-state index is 12.3. The van der Waals surface area contributed by atoms with Gasteiger partial charge in [0.25, 0.3) is 0 Å². The molecule has 1 aliphatic rings. The molecule has 0 saturated carbocycles. The summed E-state index contributed by atoms with van der Waals surface area (Å²) in [4.78, 5) is 21.8. The van der Waals surface area contributed by atoms with Crippen molar-refractivity contribution < 1.29 is 23.1 Å². The Balaban J connectivity index is 2.22. The van der Waals surface area contributed by atoms with E-state index < -0.39 is 22.5 Å². The molecule has 1 fully saturated rings. The summed E-state index contributed by atoms with van der Waals surface area (Å²) < 4.78 is 26.7. The van der Waals surface area contributed by atoms with Gasteiger partial charge in [0.05, 0.1) is 12.7 Å². The summed E-state index contributed by atoms with van der Waals surface area (Å²) in [7, 11) is -3.84. The lowest BCUT2D eigenvalue weighted by Gasteiger charge is -2.17. The Morgan fingerprint density at radius 2 is 2.25 bits per heavy atom. The summed E-state index contributed by atoms with van der Waals surface area (Å²) in [6.45, 7) is -0.00321. The molecular formula is C10H14N4O5S. The van der Waals surface area contributed by atoms with Crippen molar-refractivity contribution in [3.8, 4) is 0 Å². The van der Waals surface area contributed by atoms with Crippen LogP contribution in [0.15, 0.2) is 17.3 Å². The van der Waals surface area contributed by atoms with Crippen molar-refractivity contribution in [3.05, 3.63) is 12.4 Å². The second-order valence-corrected chi connectivity index (χ2v) is 6.25. The molecule has 0 aromatic carbocycles. The van der Waals surface area contributed by atoms with E-state index in [9.17, 15) is 18.0 Å². The number of sulfonamides is 1. The highest BCUT2D eigenvalue weighted by Crippen LogP contribution is 2.15. The molecule has 0 atom stereocenters. The third-order valence-electron chi connectivity index (χ3n) is 2.77. The average molecular weight is 302 g/mol. The molecule has 1 aromatic rings. The third kappa shape index (κ3) is 3.14. The first kappa shape index (κ1) is 14.5. The van der Waals surface area contributed by atoms with Crippen molar-refractivity contribution in [2.24, 2.45) is 0 Å². The maximum atomic E-state index is 12.3. The Hall–Kier alpha value is -1.94. The van der Waals surface area contributed by atoms with E-state index in [1.54, 1.807) is 0 Å². The molecule has 1 amide bonds. The lowest BCUT2D eigenvalue weighted by atomic mass is 10.4. The molecule has 110 valence electrons. The second kappa shape index (κ2) is 5.59. The van der Waals surface area contributed by atoms with E-state index in [1.807, 2.05) is 0 Å². The summed E-state index contributed by atoms with van der Waals surface area (Å²) in [5.74, 6) is -1.48. The van der Waals surface area contributed by atoms with Gasteiger partial charge in [0.15, 0.2) is 0 Å². The second-order valence-electron chi connectivity index (χ2n) is 4.31. The molecule has 1 saturated heterocycles. The molecule has 10 heteroatoms. The Kier molecular flexibility index (Phi) is 4.04. The van der Waals surface area contributed by atoms with Crippen molar-refractivity contribution in [1.82, 2.24) is 19.4 Å². The van der Waals surface area contributed by atoms with Gasteiger partial charge in [-0.2, -0.15) is 9.40 Å². The molecule has 0 unspecified atom stereocenters. The summed E-state index contributed by atoms with van der Waals surface area (Å²) in [5, 5.41) is 14.9. The molecule has 0 aliphatic carbocycles. The minimum atomic E-state index is -3.84. The number of nitrogens with one attached hydrogen (secondary N) is 1. The van der Waals surface area contributed by atoms with Crippen LogP contribution in [0, 0.1) is 0 Å². The normalized spacial score (nSPS) is 17.5. The monoisotopic (exact) mass is 302 g/mol. The SMILES string of the molecule is O=C(O)Cn1cc(S(=O)(=O)N2CCCNC(=O)C2)cn1. The number of rotatable bonds is 4. The first-order chi connectivity index (χ1) is 9.39. The number of amides is 1. The number of carboxylic acid groups (broad SMARTS) is 1. The Morgan fingerprint density at radius 1 is 1.50 bits per heavy atom. The minimum absolute atomic E-state index is 0.117. The Bertz CT molecular complexity index is 623. The van der Waals surface area contributed by atoms with Crippen LogP contribution >= 0.6 is 0 Å². The predicted octanol–water partition coefficient (Wildman–Crippen LogP) is -1.52. The first-order valence-corrected chi connectivity index (χ1v) is 7.35. The number of carbonyl (C=O) groups excluding carboxylic acids is 1.